The average Bonchev–Trinajstić information content (AvgIpc) is 2.52. The standard InChI is InChI=1S/C15H17N3O6/c1-3-23-14(19)13-9(2)16-15(20)17-10(13)8-24-12-7-5-4-6-11(12)18(21)22/h4-7,9H,3,8H2,1-2H3,(H2,16,17,20)/t9-/m1/s1. The van der Waals surface area contributed by atoms with Crippen molar-refractivity contribution in [2.45, 2.75) is 19.9 Å². The van der Waals surface area contributed by atoms with Crippen molar-refractivity contribution < 1.29 is 24.0 Å². The van der Waals surface area contributed by atoms with Crippen LogP contribution in [0.1, 0.15) is 13.8 Å². The summed E-state index contributed by atoms with van der Waals surface area (Å²) in [6, 6.07) is 4.79. The molecule has 0 saturated carbocycles. The minimum absolute atomic E-state index is 0.0404. The highest BCUT2D eigenvalue weighted by Crippen LogP contribution is 2.26. The van der Waals surface area contributed by atoms with E-state index in [2.05, 4.69) is 10.6 Å². The van der Waals surface area contributed by atoms with Gasteiger partial charge in [-0.1, -0.05) is 12.1 Å². The zero-order chi connectivity index (χ0) is 17.7. The maximum atomic E-state index is 12.1. The fourth-order valence-electron chi connectivity index (χ4n) is 2.27. The lowest BCUT2D eigenvalue weighted by Gasteiger charge is -2.26. The van der Waals surface area contributed by atoms with Gasteiger partial charge in [0.1, 0.15) is 6.61 Å². The lowest BCUT2D eigenvalue weighted by molar-refractivity contribution is -0.385. The van der Waals surface area contributed by atoms with Crippen LogP contribution in [0.4, 0.5) is 10.5 Å². The number of carbonyl (C=O) groups is 2. The molecule has 9 heteroatoms. The predicted molar refractivity (Wildman–Crippen MR) is 83.4 cm³/mol. The molecule has 2 rings (SSSR count). The molecule has 1 aliphatic rings. The van der Waals surface area contributed by atoms with E-state index in [9.17, 15) is 19.7 Å². The Morgan fingerprint density at radius 1 is 1.38 bits per heavy atom. The summed E-state index contributed by atoms with van der Waals surface area (Å²) in [5.41, 5.74) is 0.224. The summed E-state index contributed by atoms with van der Waals surface area (Å²) < 4.78 is 10.4. The molecule has 1 atom stereocenters. The van der Waals surface area contributed by atoms with Crippen LogP contribution in [0, 0.1) is 10.1 Å². The van der Waals surface area contributed by atoms with E-state index in [1.165, 1.54) is 18.2 Å². The Morgan fingerprint density at radius 3 is 2.75 bits per heavy atom. The largest absolute Gasteiger partial charge is 0.480 e. The van der Waals surface area contributed by atoms with E-state index in [0.29, 0.717) is 0 Å². The number of carbonyl (C=O) groups excluding carboxylic acids is 2. The van der Waals surface area contributed by atoms with Crippen molar-refractivity contribution in [3.63, 3.8) is 0 Å². The number of ether oxygens (including phenoxy) is 2. The first-order valence-electron chi connectivity index (χ1n) is 7.28. The molecule has 0 saturated heterocycles. The Labute approximate surface area is 137 Å². The number of nitro groups is 1. The van der Waals surface area contributed by atoms with Crippen LogP contribution in [0.15, 0.2) is 35.5 Å². The third-order valence-electron chi connectivity index (χ3n) is 3.30. The minimum atomic E-state index is -0.585. The molecule has 0 bridgehead atoms. The number of hydrogen-bond donors (Lipinski definition) is 2. The number of rotatable bonds is 6. The first-order chi connectivity index (χ1) is 11.4. The number of nitrogens with zero attached hydrogens (tertiary/aromatic N) is 1. The maximum absolute atomic E-state index is 12.1. The van der Waals surface area contributed by atoms with Gasteiger partial charge in [-0.2, -0.15) is 0 Å². The van der Waals surface area contributed by atoms with Gasteiger partial charge >= 0.3 is 17.7 Å². The molecule has 1 aromatic carbocycles. The topological polar surface area (TPSA) is 120 Å². The van der Waals surface area contributed by atoms with Crippen molar-refractivity contribution in [2.75, 3.05) is 13.2 Å². The summed E-state index contributed by atoms with van der Waals surface area (Å²) in [5.74, 6) is -0.544. The SMILES string of the molecule is CCOC(=O)C1=C(COc2ccccc2[N+](=O)[O-])NC(=O)N[C@@H]1C. The lowest BCUT2D eigenvalue weighted by Crippen LogP contribution is -2.50. The fraction of sp³-hybridized carbons (Fsp3) is 0.333. The van der Waals surface area contributed by atoms with Gasteiger partial charge in [-0.05, 0) is 19.9 Å². The molecule has 1 aliphatic heterocycles. The molecule has 1 heterocycles. The Hall–Kier alpha value is -3.10. The first-order valence-corrected chi connectivity index (χ1v) is 7.28. The zero-order valence-corrected chi connectivity index (χ0v) is 13.2. The number of hydrogen-bond acceptors (Lipinski definition) is 6. The van der Waals surface area contributed by atoms with Gasteiger partial charge in [0.15, 0.2) is 5.75 Å². The Bertz CT molecular complexity index is 700. The van der Waals surface area contributed by atoms with Gasteiger partial charge in [-0.3, -0.25) is 10.1 Å². The van der Waals surface area contributed by atoms with Gasteiger partial charge in [-0.15, -0.1) is 0 Å². The van der Waals surface area contributed by atoms with Gasteiger partial charge in [0.25, 0.3) is 0 Å². The first kappa shape index (κ1) is 17.3. The summed E-state index contributed by atoms with van der Waals surface area (Å²) in [7, 11) is 0. The van der Waals surface area contributed by atoms with Crippen LogP contribution in [0.2, 0.25) is 0 Å². The van der Waals surface area contributed by atoms with Crippen molar-refractivity contribution in [1.82, 2.24) is 10.6 Å². The number of amides is 2. The van der Waals surface area contributed by atoms with Crippen LogP contribution in [-0.4, -0.2) is 36.2 Å². The van der Waals surface area contributed by atoms with Crippen LogP contribution in [0.25, 0.3) is 0 Å². The molecule has 0 spiro atoms. The normalized spacial score (nSPS) is 16.9. The second kappa shape index (κ2) is 7.44. The van der Waals surface area contributed by atoms with E-state index in [0.717, 1.165) is 0 Å². The smallest absolute Gasteiger partial charge is 0.338 e. The molecule has 0 aliphatic carbocycles. The number of benzene rings is 1. The van der Waals surface area contributed by atoms with Crippen molar-refractivity contribution in [1.29, 1.82) is 0 Å². The summed E-state index contributed by atoms with van der Waals surface area (Å²) in [6.07, 6.45) is 0. The van der Waals surface area contributed by atoms with E-state index < -0.39 is 23.0 Å². The summed E-state index contributed by atoms with van der Waals surface area (Å²) in [4.78, 5) is 34.1. The molecule has 1 aromatic rings. The summed E-state index contributed by atoms with van der Waals surface area (Å²) in [5, 5.41) is 16.0. The van der Waals surface area contributed by atoms with Crippen LogP contribution < -0.4 is 15.4 Å². The molecule has 24 heavy (non-hydrogen) atoms. The summed E-state index contributed by atoms with van der Waals surface area (Å²) >= 11 is 0. The average molecular weight is 335 g/mol. The lowest BCUT2D eigenvalue weighted by atomic mass is 10.0. The number of nitrogens with one attached hydrogen (secondary N) is 2. The van der Waals surface area contributed by atoms with Gasteiger partial charge in [0, 0.05) is 6.07 Å². The number of urea groups is 1. The Morgan fingerprint density at radius 2 is 2.08 bits per heavy atom. The van der Waals surface area contributed by atoms with Crippen LogP contribution >= 0.6 is 0 Å². The highest BCUT2D eigenvalue weighted by molar-refractivity contribution is 5.94. The number of para-hydroxylation sites is 2. The van der Waals surface area contributed by atoms with Crippen molar-refractivity contribution >= 4 is 17.7 Å². The highest BCUT2D eigenvalue weighted by atomic mass is 16.6. The Kier molecular flexibility index (Phi) is 5.35. The quantitative estimate of drug-likeness (QED) is 0.462. The monoisotopic (exact) mass is 335 g/mol. The van der Waals surface area contributed by atoms with E-state index in [1.807, 2.05) is 0 Å². The third-order valence-corrected chi connectivity index (χ3v) is 3.30. The van der Waals surface area contributed by atoms with Crippen molar-refractivity contribution in [2.24, 2.45) is 0 Å². The zero-order valence-electron chi connectivity index (χ0n) is 13.2. The Balaban J connectivity index is 2.27. The molecule has 2 N–H and O–H groups in total. The summed E-state index contributed by atoms with van der Waals surface area (Å²) in [6.45, 7) is 3.27. The van der Waals surface area contributed by atoms with E-state index in [4.69, 9.17) is 9.47 Å². The second-order valence-corrected chi connectivity index (χ2v) is 4.95. The van der Waals surface area contributed by atoms with Crippen LogP contribution in [0.5, 0.6) is 5.75 Å². The van der Waals surface area contributed by atoms with E-state index >= 15 is 0 Å². The molecule has 0 fully saturated rings. The fourth-order valence-corrected chi connectivity index (χ4v) is 2.27. The minimum Gasteiger partial charge on any atom is -0.480 e. The van der Waals surface area contributed by atoms with Crippen LogP contribution in [-0.2, 0) is 9.53 Å². The number of nitro benzene ring substituents is 1. The molecule has 0 aromatic heterocycles. The van der Waals surface area contributed by atoms with Gasteiger partial charge in [0.05, 0.1) is 28.8 Å². The van der Waals surface area contributed by atoms with Crippen molar-refractivity contribution in [3.05, 3.63) is 45.6 Å². The molecule has 0 radical (unpaired) electrons. The predicted octanol–water partition coefficient (Wildman–Crippen LogP) is 1.49. The molecule has 2 amide bonds. The maximum Gasteiger partial charge on any atom is 0.338 e. The molecule has 128 valence electrons. The molecule has 9 nitrogen and oxygen atoms in total. The molecule has 0 unspecified atom stereocenters. The second-order valence-electron chi connectivity index (χ2n) is 4.95. The molecular weight excluding hydrogens is 318 g/mol. The van der Waals surface area contributed by atoms with Gasteiger partial charge in [0.2, 0.25) is 0 Å². The van der Waals surface area contributed by atoms with Gasteiger partial charge < -0.3 is 20.1 Å². The third kappa shape index (κ3) is 3.80. The van der Waals surface area contributed by atoms with Crippen LogP contribution in [0.3, 0.4) is 0 Å². The van der Waals surface area contributed by atoms with Crippen molar-refractivity contribution in [3.8, 4) is 5.75 Å². The number of esters is 1. The van der Waals surface area contributed by atoms with Gasteiger partial charge in [-0.25, -0.2) is 9.59 Å². The van der Waals surface area contributed by atoms with E-state index in [-0.39, 0.29) is 35.9 Å². The molecular formula is C15H17N3O6. The highest BCUT2D eigenvalue weighted by Gasteiger charge is 2.30. The van der Waals surface area contributed by atoms with E-state index in [1.54, 1.807) is 19.9 Å².